The molecule has 0 fully saturated rings. The maximum atomic E-state index is 13.2. The number of rotatable bonds is 3. The average molecular weight is 269 g/mol. The second-order valence-electron chi connectivity index (χ2n) is 4.62. The third-order valence-corrected chi connectivity index (χ3v) is 3.26. The number of carboxylic acid groups (broad SMARTS) is 1. The molecule has 0 spiro atoms. The zero-order valence-electron chi connectivity index (χ0n) is 10.6. The summed E-state index contributed by atoms with van der Waals surface area (Å²) in [4.78, 5) is 11.3. The van der Waals surface area contributed by atoms with E-state index in [4.69, 9.17) is 0 Å². The highest BCUT2D eigenvalue weighted by molar-refractivity contribution is 6.03. The van der Waals surface area contributed by atoms with Crippen LogP contribution >= 0.6 is 0 Å². The Morgan fingerprint density at radius 3 is 2.70 bits per heavy atom. The van der Waals surface area contributed by atoms with Gasteiger partial charge in [0.1, 0.15) is 5.82 Å². The minimum Gasteiger partial charge on any atom is -0.478 e. The van der Waals surface area contributed by atoms with E-state index in [9.17, 15) is 14.3 Å². The standard InChI is InChI=1S/C16H12FNO2/c17-12-5-3-4-11(8-12)9-18-10-14(16(19)20)13-6-1-2-7-15(13)18/h1-8,10H,9H2,(H,19,20). The van der Waals surface area contributed by atoms with Gasteiger partial charge in [-0.15, -0.1) is 0 Å². The predicted molar refractivity (Wildman–Crippen MR) is 74.4 cm³/mol. The fourth-order valence-corrected chi connectivity index (χ4v) is 2.38. The number of aromatic carboxylic acids is 1. The molecule has 0 saturated heterocycles. The van der Waals surface area contributed by atoms with Crippen LogP contribution < -0.4 is 0 Å². The summed E-state index contributed by atoms with van der Waals surface area (Å²) >= 11 is 0. The van der Waals surface area contributed by atoms with Crippen molar-refractivity contribution >= 4 is 16.9 Å². The second-order valence-corrected chi connectivity index (χ2v) is 4.62. The summed E-state index contributed by atoms with van der Waals surface area (Å²) in [5.74, 6) is -1.25. The Morgan fingerprint density at radius 2 is 1.95 bits per heavy atom. The summed E-state index contributed by atoms with van der Waals surface area (Å²) in [5, 5.41) is 9.92. The van der Waals surface area contributed by atoms with E-state index < -0.39 is 5.97 Å². The first kappa shape index (κ1) is 12.4. The lowest BCUT2D eigenvalue weighted by molar-refractivity contribution is 0.0699. The first-order chi connectivity index (χ1) is 9.65. The Morgan fingerprint density at radius 1 is 1.15 bits per heavy atom. The summed E-state index contributed by atoms with van der Waals surface area (Å²) in [6, 6.07) is 13.6. The molecule has 0 amide bonds. The number of para-hydroxylation sites is 1. The molecule has 3 rings (SSSR count). The highest BCUT2D eigenvalue weighted by atomic mass is 19.1. The van der Waals surface area contributed by atoms with E-state index in [1.54, 1.807) is 24.4 Å². The van der Waals surface area contributed by atoms with E-state index in [0.717, 1.165) is 11.1 Å². The number of carbonyl (C=O) groups is 1. The van der Waals surface area contributed by atoms with Gasteiger partial charge < -0.3 is 9.67 Å². The zero-order chi connectivity index (χ0) is 14.1. The maximum Gasteiger partial charge on any atom is 0.337 e. The summed E-state index contributed by atoms with van der Waals surface area (Å²) < 4.78 is 15.0. The highest BCUT2D eigenvalue weighted by Crippen LogP contribution is 2.22. The molecular formula is C16H12FNO2. The molecule has 0 radical (unpaired) electrons. The fourth-order valence-electron chi connectivity index (χ4n) is 2.38. The maximum absolute atomic E-state index is 13.2. The molecule has 0 atom stereocenters. The lowest BCUT2D eigenvalue weighted by Crippen LogP contribution is -1.99. The van der Waals surface area contributed by atoms with Gasteiger partial charge >= 0.3 is 5.97 Å². The van der Waals surface area contributed by atoms with Gasteiger partial charge in [0.2, 0.25) is 0 Å². The van der Waals surface area contributed by atoms with Crippen LogP contribution in [0.3, 0.4) is 0 Å². The molecule has 100 valence electrons. The molecule has 0 aliphatic carbocycles. The monoisotopic (exact) mass is 269 g/mol. The van der Waals surface area contributed by atoms with Gasteiger partial charge in [-0.25, -0.2) is 9.18 Å². The molecule has 0 saturated carbocycles. The average Bonchev–Trinajstić information content (AvgIpc) is 2.78. The topological polar surface area (TPSA) is 42.2 Å². The van der Waals surface area contributed by atoms with Gasteiger partial charge in [0.15, 0.2) is 0 Å². The molecule has 1 aromatic heterocycles. The van der Waals surface area contributed by atoms with Crippen molar-refractivity contribution in [3.8, 4) is 0 Å². The Balaban J connectivity index is 2.10. The van der Waals surface area contributed by atoms with Crippen LogP contribution in [-0.4, -0.2) is 15.6 Å². The number of benzene rings is 2. The van der Waals surface area contributed by atoms with Crippen LogP contribution in [0.4, 0.5) is 4.39 Å². The summed E-state index contributed by atoms with van der Waals surface area (Å²) in [5.41, 5.74) is 1.88. The van der Waals surface area contributed by atoms with Crippen LogP contribution in [-0.2, 0) is 6.54 Å². The predicted octanol–water partition coefficient (Wildman–Crippen LogP) is 3.53. The largest absolute Gasteiger partial charge is 0.478 e. The van der Waals surface area contributed by atoms with Crippen molar-refractivity contribution in [1.29, 1.82) is 0 Å². The molecule has 4 heteroatoms. The first-order valence-corrected chi connectivity index (χ1v) is 6.21. The highest BCUT2D eigenvalue weighted by Gasteiger charge is 2.13. The zero-order valence-corrected chi connectivity index (χ0v) is 10.6. The Hall–Kier alpha value is -2.62. The van der Waals surface area contributed by atoms with Crippen molar-refractivity contribution in [3.63, 3.8) is 0 Å². The number of hydrogen-bond acceptors (Lipinski definition) is 1. The number of fused-ring (bicyclic) bond motifs is 1. The number of hydrogen-bond donors (Lipinski definition) is 1. The second kappa shape index (κ2) is 4.81. The minimum atomic E-state index is -0.959. The van der Waals surface area contributed by atoms with E-state index >= 15 is 0 Å². The van der Waals surface area contributed by atoms with E-state index in [-0.39, 0.29) is 11.4 Å². The van der Waals surface area contributed by atoms with Crippen molar-refractivity contribution < 1.29 is 14.3 Å². The van der Waals surface area contributed by atoms with Crippen LogP contribution in [0.5, 0.6) is 0 Å². The van der Waals surface area contributed by atoms with Crippen molar-refractivity contribution in [1.82, 2.24) is 4.57 Å². The van der Waals surface area contributed by atoms with Crippen LogP contribution in [0.15, 0.2) is 54.7 Å². The molecule has 2 aromatic carbocycles. The SMILES string of the molecule is O=C(O)c1cn(Cc2cccc(F)c2)c2ccccc12. The lowest BCUT2D eigenvalue weighted by atomic mass is 10.2. The molecular weight excluding hydrogens is 257 g/mol. The van der Waals surface area contributed by atoms with Crippen LogP contribution in [0.2, 0.25) is 0 Å². The van der Waals surface area contributed by atoms with Gasteiger partial charge in [-0.1, -0.05) is 30.3 Å². The number of halogens is 1. The van der Waals surface area contributed by atoms with Gasteiger partial charge in [-0.05, 0) is 23.8 Å². The molecule has 0 unspecified atom stereocenters. The first-order valence-electron chi connectivity index (χ1n) is 6.21. The third-order valence-electron chi connectivity index (χ3n) is 3.26. The molecule has 1 heterocycles. The van der Waals surface area contributed by atoms with Crippen LogP contribution in [0.1, 0.15) is 15.9 Å². The Kier molecular flexibility index (Phi) is 2.99. The molecule has 0 aliphatic heterocycles. The summed E-state index contributed by atoms with van der Waals surface area (Å²) in [6.45, 7) is 0.436. The quantitative estimate of drug-likeness (QED) is 0.790. The van der Waals surface area contributed by atoms with Crippen LogP contribution in [0, 0.1) is 5.82 Å². The normalized spacial score (nSPS) is 10.8. The molecule has 1 N–H and O–H groups in total. The smallest absolute Gasteiger partial charge is 0.337 e. The van der Waals surface area contributed by atoms with Gasteiger partial charge in [0.05, 0.1) is 5.56 Å². The Bertz CT molecular complexity index is 792. The van der Waals surface area contributed by atoms with E-state index in [1.807, 2.05) is 22.8 Å². The van der Waals surface area contributed by atoms with Crippen molar-refractivity contribution in [2.75, 3.05) is 0 Å². The van der Waals surface area contributed by atoms with Crippen molar-refractivity contribution in [2.24, 2.45) is 0 Å². The lowest BCUT2D eigenvalue weighted by Gasteiger charge is -2.05. The molecule has 20 heavy (non-hydrogen) atoms. The molecule has 0 bridgehead atoms. The van der Waals surface area contributed by atoms with E-state index in [2.05, 4.69) is 0 Å². The van der Waals surface area contributed by atoms with Gasteiger partial charge in [0.25, 0.3) is 0 Å². The van der Waals surface area contributed by atoms with Gasteiger partial charge in [-0.3, -0.25) is 0 Å². The molecule has 3 nitrogen and oxygen atoms in total. The summed E-state index contributed by atoms with van der Waals surface area (Å²) in [6.07, 6.45) is 1.60. The minimum absolute atomic E-state index is 0.261. The molecule has 3 aromatic rings. The van der Waals surface area contributed by atoms with Gasteiger partial charge in [-0.2, -0.15) is 0 Å². The summed E-state index contributed by atoms with van der Waals surface area (Å²) in [7, 11) is 0. The van der Waals surface area contributed by atoms with Crippen molar-refractivity contribution in [2.45, 2.75) is 6.54 Å². The van der Waals surface area contributed by atoms with E-state index in [1.165, 1.54) is 12.1 Å². The number of aromatic nitrogens is 1. The number of carboxylic acids is 1. The van der Waals surface area contributed by atoms with Crippen molar-refractivity contribution in [3.05, 3.63) is 71.7 Å². The Labute approximate surface area is 114 Å². The third kappa shape index (κ3) is 2.16. The number of nitrogens with zero attached hydrogens (tertiary/aromatic N) is 1. The van der Waals surface area contributed by atoms with E-state index in [0.29, 0.717) is 11.9 Å². The fraction of sp³-hybridized carbons (Fsp3) is 0.0625. The van der Waals surface area contributed by atoms with Crippen LogP contribution in [0.25, 0.3) is 10.9 Å². The van der Waals surface area contributed by atoms with Gasteiger partial charge in [0, 0.05) is 23.6 Å². The molecule has 0 aliphatic rings.